The molecule has 1 unspecified atom stereocenters. The molecular weight excluding hydrogens is 152 g/mol. The van der Waals surface area contributed by atoms with Crippen molar-refractivity contribution in [3.05, 3.63) is 0 Å². The Morgan fingerprint density at radius 3 is 2.33 bits per heavy atom. The van der Waals surface area contributed by atoms with E-state index in [1.165, 1.54) is 0 Å². The van der Waals surface area contributed by atoms with E-state index < -0.39 is 0 Å². The maximum atomic E-state index is 11.4. The lowest BCUT2D eigenvalue weighted by Crippen LogP contribution is -2.38. The first kappa shape index (κ1) is 11.4. The summed E-state index contributed by atoms with van der Waals surface area (Å²) in [5, 5.41) is 5.86. The Labute approximate surface area is 74.9 Å². The summed E-state index contributed by atoms with van der Waals surface area (Å²) in [5.74, 6) is 0.640. The molecule has 0 bridgehead atoms. The van der Waals surface area contributed by atoms with Crippen LogP contribution in [0.25, 0.3) is 0 Å². The Hall–Kier alpha value is -0.570. The fourth-order valence-electron chi connectivity index (χ4n) is 1.16. The van der Waals surface area contributed by atoms with Crippen molar-refractivity contribution in [2.75, 3.05) is 20.1 Å². The molecule has 2 N–H and O–H groups in total. The zero-order valence-corrected chi connectivity index (χ0v) is 8.48. The quantitative estimate of drug-likeness (QED) is 0.638. The van der Waals surface area contributed by atoms with Crippen LogP contribution in [0.1, 0.15) is 20.8 Å². The third-order valence-electron chi connectivity index (χ3n) is 1.92. The normalized spacial score (nSPS) is 13.1. The largest absolute Gasteiger partial charge is 0.356 e. The van der Waals surface area contributed by atoms with Crippen LogP contribution >= 0.6 is 0 Å². The molecule has 0 fully saturated rings. The molecule has 1 atom stereocenters. The molecule has 0 spiro atoms. The highest BCUT2D eigenvalue weighted by atomic mass is 16.1. The van der Waals surface area contributed by atoms with E-state index >= 15 is 0 Å². The molecule has 0 aliphatic heterocycles. The number of amides is 1. The third-order valence-corrected chi connectivity index (χ3v) is 1.92. The molecule has 3 heteroatoms. The van der Waals surface area contributed by atoms with Gasteiger partial charge in [0.2, 0.25) is 5.91 Å². The minimum Gasteiger partial charge on any atom is -0.356 e. The van der Waals surface area contributed by atoms with Crippen molar-refractivity contribution in [3.8, 4) is 0 Å². The van der Waals surface area contributed by atoms with Gasteiger partial charge in [0.15, 0.2) is 0 Å². The molecule has 0 saturated heterocycles. The van der Waals surface area contributed by atoms with E-state index in [9.17, 15) is 4.79 Å². The third kappa shape index (κ3) is 3.72. The van der Waals surface area contributed by atoms with Gasteiger partial charge in [-0.25, -0.2) is 0 Å². The van der Waals surface area contributed by atoms with Gasteiger partial charge in [-0.15, -0.1) is 0 Å². The Kier molecular flexibility index (Phi) is 5.72. The molecule has 0 aliphatic carbocycles. The highest BCUT2D eigenvalue weighted by Gasteiger charge is 2.19. The SMILES string of the molecule is CCNC(=O)C(CNC)C(C)C. The molecule has 0 aliphatic rings. The number of hydrogen-bond donors (Lipinski definition) is 2. The molecule has 3 nitrogen and oxygen atoms in total. The highest BCUT2D eigenvalue weighted by Crippen LogP contribution is 2.09. The van der Waals surface area contributed by atoms with Crippen LogP contribution in [-0.2, 0) is 4.79 Å². The maximum absolute atomic E-state index is 11.4. The van der Waals surface area contributed by atoms with Crippen molar-refractivity contribution in [1.29, 1.82) is 0 Å². The van der Waals surface area contributed by atoms with Crippen molar-refractivity contribution in [3.63, 3.8) is 0 Å². The van der Waals surface area contributed by atoms with E-state index in [2.05, 4.69) is 24.5 Å². The summed E-state index contributed by atoms with van der Waals surface area (Å²) in [7, 11) is 1.87. The van der Waals surface area contributed by atoms with E-state index in [1.807, 2.05) is 14.0 Å². The van der Waals surface area contributed by atoms with Gasteiger partial charge in [-0.2, -0.15) is 0 Å². The second-order valence-corrected chi connectivity index (χ2v) is 3.30. The van der Waals surface area contributed by atoms with Gasteiger partial charge in [0.1, 0.15) is 0 Å². The standard InChI is InChI=1S/C9H20N2O/c1-5-11-9(12)8(6-10-4)7(2)3/h7-8,10H,5-6H2,1-4H3,(H,11,12). The average Bonchev–Trinajstić information content (AvgIpc) is 1.99. The van der Waals surface area contributed by atoms with Gasteiger partial charge >= 0.3 is 0 Å². The van der Waals surface area contributed by atoms with E-state index in [0.29, 0.717) is 12.5 Å². The van der Waals surface area contributed by atoms with Gasteiger partial charge < -0.3 is 10.6 Å². The van der Waals surface area contributed by atoms with Crippen LogP contribution in [0.4, 0.5) is 0 Å². The zero-order valence-electron chi connectivity index (χ0n) is 8.48. The summed E-state index contributed by atoms with van der Waals surface area (Å²) < 4.78 is 0. The molecule has 1 amide bonds. The average molecular weight is 172 g/mol. The lowest BCUT2D eigenvalue weighted by Gasteiger charge is -2.19. The predicted molar refractivity (Wildman–Crippen MR) is 50.9 cm³/mol. The molecule has 0 rings (SSSR count). The fraction of sp³-hybridized carbons (Fsp3) is 0.889. The van der Waals surface area contributed by atoms with Gasteiger partial charge in [0.05, 0.1) is 5.92 Å². The zero-order chi connectivity index (χ0) is 9.56. The van der Waals surface area contributed by atoms with Crippen molar-refractivity contribution < 1.29 is 4.79 Å². The molecule has 0 heterocycles. The molecular formula is C9H20N2O. The predicted octanol–water partition coefficient (Wildman–Crippen LogP) is 0.614. The van der Waals surface area contributed by atoms with E-state index in [0.717, 1.165) is 6.54 Å². The van der Waals surface area contributed by atoms with Crippen LogP contribution in [0.5, 0.6) is 0 Å². The Morgan fingerprint density at radius 2 is 2.00 bits per heavy atom. The van der Waals surface area contributed by atoms with E-state index in [-0.39, 0.29) is 11.8 Å². The Balaban J connectivity index is 4.00. The first-order valence-corrected chi connectivity index (χ1v) is 4.55. The van der Waals surface area contributed by atoms with Gasteiger partial charge in [-0.3, -0.25) is 4.79 Å². The van der Waals surface area contributed by atoms with Gasteiger partial charge in [-0.1, -0.05) is 13.8 Å². The molecule has 0 saturated carbocycles. The minimum atomic E-state index is 0.0925. The summed E-state index contributed by atoms with van der Waals surface area (Å²) >= 11 is 0. The molecule has 0 aromatic rings. The Bertz CT molecular complexity index is 134. The highest BCUT2D eigenvalue weighted by molar-refractivity contribution is 5.79. The Morgan fingerprint density at radius 1 is 1.42 bits per heavy atom. The number of rotatable bonds is 5. The van der Waals surface area contributed by atoms with Gasteiger partial charge in [0.25, 0.3) is 0 Å². The number of carbonyl (C=O) groups is 1. The summed E-state index contributed by atoms with van der Waals surface area (Å²) in [4.78, 5) is 11.4. The van der Waals surface area contributed by atoms with Crippen LogP contribution in [0.2, 0.25) is 0 Å². The maximum Gasteiger partial charge on any atom is 0.224 e. The second kappa shape index (κ2) is 6.00. The van der Waals surface area contributed by atoms with Crippen molar-refractivity contribution in [2.24, 2.45) is 11.8 Å². The van der Waals surface area contributed by atoms with Crippen molar-refractivity contribution in [2.45, 2.75) is 20.8 Å². The minimum absolute atomic E-state index is 0.0925. The topological polar surface area (TPSA) is 41.1 Å². The summed E-state index contributed by atoms with van der Waals surface area (Å²) in [6.45, 7) is 7.54. The van der Waals surface area contributed by atoms with Crippen molar-refractivity contribution >= 4 is 5.91 Å². The molecule has 0 radical (unpaired) electrons. The smallest absolute Gasteiger partial charge is 0.224 e. The van der Waals surface area contributed by atoms with Crippen LogP contribution in [0.3, 0.4) is 0 Å². The fourth-order valence-corrected chi connectivity index (χ4v) is 1.16. The van der Waals surface area contributed by atoms with Crippen molar-refractivity contribution in [1.82, 2.24) is 10.6 Å². The molecule has 72 valence electrons. The lowest BCUT2D eigenvalue weighted by atomic mass is 9.95. The van der Waals surface area contributed by atoms with E-state index in [1.54, 1.807) is 0 Å². The summed E-state index contributed by atoms with van der Waals surface area (Å²) in [5.41, 5.74) is 0. The molecule has 0 aromatic carbocycles. The number of hydrogen-bond acceptors (Lipinski definition) is 2. The summed E-state index contributed by atoms with van der Waals surface area (Å²) in [6, 6.07) is 0. The van der Waals surface area contributed by atoms with Gasteiger partial charge in [0, 0.05) is 13.1 Å². The number of nitrogens with one attached hydrogen (secondary N) is 2. The summed E-state index contributed by atoms with van der Waals surface area (Å²) in [6.07, 6.45) is 0. The first-order valence-electron chi connectivity index (χ1n) is 4.55. The van der Waals surface area contributed by atoms with Gasteiger partial charge in [-0.05, 0) is 19.9 Å². The first-order chi connectivity index (χ1) is 5.63. The lowest BCUT2D eigenvalue weighted by molar-refractivity contribution is -0.126. The van der Waals surface area contributed by atoms with Crippen LogP contribution in [0.15, 0.2) is 0 Å². The number of carbonyl (C=O) groups excluding carboxylic acids is 1. The van der Waals surface area contributed by atoms with E-state index in [4.69, 9.17) is 0 Å². The molecule has 0 aromatic heterocycles. The molecule has 12 heavy (non-hydrogen) atoms. The monoisotopic (exact) mass is 172 g/mol. The second-order valence-electron chi connectivity index (χ2n) is 3.30. The van der Waals surface area contributed by atoms with Crippen LogP contribution in [-0.4, -0.2) is 26.0 Å². The van der Waals surface area contributed by atoms with Crippen LogP contribution in [0, 0.1) is 11.8 Å². The van der Waals surface area contributed by atoms with Crippen LogP contribution < -0.4 is 10.6 Å².